The number of hydrogen-bond donors (Lipinski definition) is 2. The molecule has 3 N–H and O–H groups in total. The van der Waals surface area contributed by atoms with E-state index in [0.717, 1.165) is 18.7 Å². The van der Waals surface area contributed by atoms with Crippen molar-refractivity contribution < 1.29 is 0 Å². The minimum Gasteiger partial charge on any atom is -0.384 e. The molecule has 0 unspecified atom stereocenters. The number of nitrogens with zero attached hydrogens (tertiary/aromatic N) is 1. The molecule has 0 amide bonds. The molecule has 1 rings (SSSR count). The van der Waals surface area contributed by atoms with E-state index >= 15 is 0 Å². The van der Waals surface area contributed by atoms with Gasteiger partial charge in [-0.15, -0.1) is 0 Å². The van der Waals surface area contributed by atoms with Crippen molar-refractivity contribution in [1.29, 1.82) is 5.41 Å². The Hall–Kier alpha value is -1.51. The monoisotopic (exact) mass is 233 g/mol. The van der Waals surface area contributed by atoms with E-state index in [0.29, 0.717) is 0 Å². The van der Waals surface area contributed by atoms with E-state index in [1.807, 2.05) is 12.1 Å². The minimum atomic E-state index is 0.135. The smallest absolute Gasteiger partial charge is 0.122 e. The first-order valence-corrected chi connectivity index (χ1v) is 6.30. The van der Waals surface area contributed by atoms with Crippen molar-refractivity contribution >= 4 is 11.5 Å². The topological polar surface area (TPSA) is 53.1 Å². The summed E-state index contributed by atoms with van der Waals surface area (Å²) in [4.78, 5) is 2.38. The van der Waals surface area contributed by atoms with Gasteiger partial charge in [-0.1, -0.05) is 13.3 Å². The van der Waals surface area contributed by atoms with Crippen LogP contribution in [0.4, 0.5) is 5.69 Å². The van der Waals surface area contributed by atoms with Crippen LogP contribution >= 0.6 is 0 Å². The summed E-state index contributed by atoms with van der Waals surface area (Å²) < 4.78 is 0. The molecule has 1 aromatic carbocycles. The van der Waals surface area contributed by atoms with Gasteiger partial charge in [0, 0.05) is 24.3 Å². The van der Waals surface area contributed by atoms with Crippen molar-refractivity contribution in [3.8, 4) is 0 Å². The summed E-state index contributed by atoms with van der Waals surface area (Å²) in [6.45, 7) is 8.57. The van der Waals surface area contributed by atoms with Gasteiger partial charge in [0.15, 0.2) is 0 Å². The van der Waals surface area contributed by atoms with Gasteiger partial charge in [-0.3, -0.25) is 5.41 Å². The van der Waals surface area contributed by atoms with E-state index in [1.165, 1.54) is 24.1 Å². The predicted molar refractivity (Wildman–Crippen MR) is 75.0 cm³/mol. The zero-order valence-corrected chi connectivity index (χ0v) is 11.1. The van der Waals surface area contributed by atoms with Crippen molar-refractivity contribution in [3.05, 3.63) is 29.3 Å². The summed E-state index contributed by atoms with van der Waals surface area (Å²) in [6, 6.07) is 6.00. The molecule has 0 radical (unpaired) electrons. The Balaban J connectivity index is 2.92. The van der Waals surface area contributed by atoms with Crippen LogP contribution in [0.2, 0.25) is 0 Å². The molecule has 1 aromatic rings. The van der Waals surface area contributed by atoms with E-state index in [4.69, 9.17) is 11.1 Å². The van der Waals surface area contributed by atoms with Crippen LogP contribution < -0.4 is 10.6 Å². The van der Waals surface area contributed by atoms with E-state index in [2.05, 4.69) is 31.7 Å². The lowest BCUT2D eigenvalue weighted by molar-refractivity contribution is 0.730. The highest BCUT2D eigenvalue weighted by molar-refractivity contribution is 5.95. The number of aryl methyl sites for hydroxylation is 1. The van der Waals surface area contributed by atoms with Gasteiger partial charge in [-0.25, -0.2) is 0 Å². The third-order valence-electron chi connectivity index (χ3n) is 3.01. The van der Waals surface area contributed by atoms with Crippen molar-refractivity contribution in [2.75, 3.05) is 18.0 Å². The van der Waals surface area contributed by atoms with Crippen LogP contribution in [0.1, 0.15) is 37.8 Å². The Kier molecular flexibility index (Phi) is 5.01. The van der Waals surface area contributed by atoms with Gasteiger partial charge >= 0.3 is 0 Å². The highest BCUT2D eigenvalue weighted by Gasteiger charge is 2.08. The van der Waals surface area contributed by atoms with Gasteiger partial charge in [0.2, 0.25) is 0 Å². The van der Waals surface area contributed by atoms with Gasteiger partial charge in [-0.05, 0) is 44.0 Å². The summed E-state index contributed by atoms with van der Waals surface area (Å²) >= 11 is 0. The van der Waals surface area contributed by atoms with Crippen molar-refractivity contribution in [3.63, 3.8) is 0 Å². The lowest BCUT2D eigenvalue weighted by atomic mass is 10.1. The van der Waals surface area contributed by atoms with Gasteiger partial charge in [-0.2, -0.15) is 0 Å². The Morgan fingerprint density at radius 3 is 2.53 bits per heavy atom. The molecule has 0 aliphatic heterocycles. The maximum absolute atomic E-state index is 7.43. The van der Waals surface area contributed by atoms with Crippen LogP contribution in [0.25, 0.3) is 0 Å². The minimum absolute atomic E-state index is 0.135. The number of nitrogens with two attached hydrogens (primary N) is 1. The van der Waals surface area contributed by atoms with Crippen molar-refractivity contribution in [1.82, 2.24) is 0 Å². The second-order valence-corrected chi connectivity index (χ2v) is 4.35. The van der Waals surface area contributed by atoms with Crippen LogP contribution in [0, 0.1) is 12.3 Å². The largest absolute Gasteiger partial charge is 0.384 e. The first-order valence-electron chi connectivity index (χ1n) is 6.30. The van der Waals surface area contributed by atoms with Gasteiger partial charge in [0.05, 0.1) is 0 Å². The summed E-state index contributed by atoms with van der Waals surface area (Å²) in [5.41, 5.74) is 8.74. The average molecular weight is 233 g/mol. The van der Waals surface area contributed by atoms with Crippen LogP contribution in [0.3, 0.4) is 0 Å². The van der Waals surface area contributed by atoms with Crippen molar-refractivity contribution in [2.24, 2.45) is 5.73 Å². The number of unbranched alkanes of at least 4 members (excludes halogenated alkanes) is 1. The molecule has 0 atom stereocenters. The standard InChI is InChI=1S/C14H23N3/c1-4-6-9-17(5-2)13-8-7-12(14(15)16)10-11(13)3/h7-8,10H,4-6,9H2,1-3H3,(H3,15,16). The maximum atomic E-state index is 7.43. The number of rotatable bonds is 6. The zero-order valence-electron chi connectivity index (χ0n) is 11.1. The fraction of sp³-hybridized carbons (Fsp3) is 0.500. The van der Waals surface area contributed by atoms with Crippen LogP contribution in [-0.2, 0) is 0 Å². The molecule has 94 valence electrons. The molecule has 0 fully saturated rings. The molecule has 0 saturated carbocycles. The lowest BCUT2D eigenvalue weighted by Crippen LogP contribution is -2.25. The molecule has 0 saturated heterocycles. The molecule has 0 spiro atoms. The summed E-state index contributed by atoms with van der Waals surface area (Å²) in [7, 11) is 0. The van der Waals surface area contributed by atoms with E-state index in [-0.39, 0.29) is 5.84 Å². The SMILES string of the molecule is CCCCN(CC)c1ccc(C(=N)N)cc1C. The van der Waals surface area contributed by atoms with Gasteiger partial charge in [0.25, 0.3) is 0 Å². The number of benzene rings is 1. The molecule has 0 bridgehead atoms. The number of nitrogen functional groups attached to an aromatic ring is 1. The number of nitrogens with one attached hydrogen (secondary N) is 1. The summed E-state index contributed by atoms with van der Waals surface area (Å²) in [5.74, 6) is 0.135. The number of anilines is 1. The molecular weight excluding hydrogens is 210 g/mol. The molecule has 0 aliphatic carbocycles. The molecule has 0 aromatic heterocycles. The van der Waals surface area contributed by atoms with E-state index in [1.54, 1.807) is 0 Å². The van der Waals surface area contributed by atoms with Crippen LogP contribution in [-0.4, -0.2) is 18.9 Å². The van der Waals surface area contributed by atoms with E-state index in [9.17, 15) is 0 Å². The molecular formula is C14H23N3. The highest BCUT2D eigenvalue weighted by Crippen LogP contribution is 2.21. The normalized spacial score (nSPS) is 10.3. The Morgan fingerprint density at radius 2 is 2.06 bits per heavy atom. The average Bonchev–Trinajstić information content (AvgIpc) is 2.31. The predicted octanol–water partition coefficient (Wildman–Crippen LogP) is 2.91. The summed E-state index contributed by atoms with van der Waals surface area (Å²) in [5, 5.41) is 7.43. The van der Waals surface area contributed by atoms with E-state index < -0.39 is 0 Å². The Bertz CT molecular complexity index is 385. The van der Waals surface area contributed by atoms with Gasteiger partial charge in [0.1, 0.15) is 5.84 Å². The molecule has 3 nitrogen and oxygen atoms in total. The number of hydrogen-bond acceptors (Lipinski definition) is 2. The quantitative estimate of drug-likeness (QED) is 0.586. The maximum Gasteiger partial charge on any atom is 0.122 e. The number of amidine groups is 1. The Labute approximate surface area is 104 Å². The van der Waals surface area contributed by atoms with Gasteiger partial charge < -0.3 is 10.6 Å². The lowest BCUT2D eigenvalue weighted by Gasteiger charge is -2.25. The first kappa shape index (κ1) is 13.6. The third-order valence-corrected chi connectivity index (χ3v) is 3.01. The van der Waals surface area contributed by atoms with Crippen LogP contribution in [0.15, 0.2) is 18.2 Å². The van der Waals surface area contributed by atoms with Crippen LogP contribution in [0.5, 0.6) is 0 Å². The molecule has 3 heteroatoms. The molecule has 0 heterocycles. The second kappa shape index (κ2) is 6.28. The first-order chi connectivity index (χ1) is 8.10. The fourth-order valence-corrected chi connectivity index (χ4v) is 1.98. The summed E-state index contributed by atoms with van der Waals surface area (Å²) in [6.07, 6.45) is 2.42. The Morgan fingerprint density at radius 1 is 1.35 bits per heavy atom. The third kappa shape index (κ3) is 3.48. The highest BCUT2D eigenvalue weighted by atomic mass is 15.1. The van der Waals surface area contributed by atoms with Crippen molar-refractivity contribution in [2.45, 2.75) is 33.6 Å². The zero-order chi connectivity index (χ0) is 12.8. The second-order valence-electron chi connectivity index (χ2n) is 4.35. The fourth-order valence-electron chi connectivity index (χ4n) is 1.98. The molecule has 17 heavy (non-hydrogen) atoms. The molecule has 0 aliphatic rings.